The predicted molar refractivity (Wildman–Crippen MR) is 149 cm³/mol. The number of aliphatic hydroxyl groups is 1. The molecule has 8 heteroatoms. The number of hydrogen-bond acceptors (Lipinski definition) is 6. The lowest BCUT2D eigenvalue weighted by Crippen LogP contribution is -2.52. The zero-order valence-corrected chi connectivity index (χ0v) is 23.0. The lowest BCUT2D eigenvalue weighted by atomic mass is 9.67. The fourth-order valence-corrected chi connectivity index (χ4v) is 7.03. The maximum atomic E-state index is 13.7. The van der Waals surface area contributed by atoms with Crippen LogP contribution >= 0.6 is 0 Å². The van der Waals surface area contributed by atoms with Crippen LogP contribution in [0.3, 0.4) is 0 Å². The smallest absolute Gasteiger partial charge is 0.298 e. The number of rotatable bonds is 5. The van der Waals surface area contributed by atoms with Gasteiger partial charge in [0.25, 0.3) is 6.01 Å². The number of fused-ring (bicyclic) bond motifs is 2. The molecule has 3 aliphatic rings. The Kier molecular flexibility index (Phi) is 6.88. The molecule has 3 aromatic rings. The highest BCUT2D eigenvalue weighted by atomic mass is 19.1. The third-order valence-electron chi connectivity index (χ3n) is 9.36. The number of aliphatic hydroxyl groups excluding tert-OH is 1. The van der Waals surface area contributed by atoms with Crippen LogP contribution in [-0.4, -0.2) is 60.4 Å². The van der Waals surface area contributed by atoms with Gasteiger partial charge in [-0.1, -0.05) is 19.1 Å². The predicted octanol–water partition coefficient (Wildman–Crippen LogP) is 5.52. The second-order valence-corrected chi connectivity index (χ2v) is 11.9. The standard InChI is InChI=1S/C31H38F2N4O2/c1-19-4-5-26-27(12-19)34-18-31(26)8-11-36(16-20(31)2)17-28(38)22-6-9-37(10-7-22)30-35-21(3)29(39-30)23-13-24(32)15-25(33)14-23/h4-5,12-15,20,22,28,34,38H,6-11,16-18H2,1-3H3. The Morgan fingerprint density at radius 2 is 1.85 bits per heavy atom. The van der Waals surface area contributed by atoms with Gasteiger partial charge in [0, 0.05) is 55.5 Å². The van der Waals surface area contributed by atoms with Gasteiger partial charge in [-0.25, -0.2) is 8.78 Å². The quantitative estimate of drug-likeness (QED) is 0.448. The Morgan fingerprint density at radius 1 is 1.10 bits per heavy atom. The van der Waals surface area contributed by atoms with Crippen LogP contribution in [0.4, 0.5) is 20.5 Å². The van der Waals surface area contributed by atoms with Crippen LogP contribution in [0.1, 0.15) is 43.0 Å². The van der Waals surface area contributed by atoms with E-state index in [0.717, 1.165) is 58.1 Å². The first-order chi connectivity index (χ1) is 18.7. The molecule has 0 saturated carbocycles. The van der Waals surface area contributed by atoms with Crippen molar-refractivity contribution in [2.75, 3.05) is 49.5 Å². The molecule has 0 bridgehead atoms. The Labute approximate surface area is 229 Å². The first-order valence-corrected chi connectivity index (χ1v) is 14.2. The molecule has 6 nitrogen and oxygen atoms in total. The maximum absolute atomic E-state index is 13.7. The van der Waals surface area contributed by atoms with E-state index in [4.69, 9.17) is 4.42 Å². The van der Waals surface area contributed by atoms with Crippen molar-refractivity contribution in [2.45, 2.75) is 51.6 Å². The van der Waals surface area contributed by atoms with Gasteiger partial charge in [0.15, 0.2) is 5.76 Å². The number of nitrogens with zero attached hydrogens (tertiary/aromatic N) is 3. The van der Waals surface area contributed by atoms with Crippen LogP contribution in [0.15, 0.2) is 40.8 Å². The summed E-state index contributed by atoms with van der Waals surface area (Å²) >= 11 is 0. The number of likely N-dealkylation sites (tertiary alicyclic amines) is 1. The molecule has 2 saturated heterocycles. The van der Waals surface area contributed by atoms with Crippen LogP contribution in [0.5, 0.6) is 0 Å². The summed E-state index contributed by atoms with van der Waals surface area (Å²) in [5.74, 6) is -0.175. The molecule has 208 valence electrons. The average Bonchev–Trinajstić information content (AvgIpc) is 3.47. The Morgan fingerprint density at radius 3 is 2.56 bits per heavy atom. The topological polar surface area (TPSA) is 64.8 Å². The maximum Gasteiger partial charge on any atom is 0.298 e. The number of benzene rings is 2. The Balaban J connectivity index is 1.04. The second kappa shape index (κ2) is 10.2. The second-order valence-electron chi connectivity index (χ2n) is 11.9. The molecule has 0 radical (unpaired) electrons. The number of aryl methyl sites for hydroxylation is 2. The monoisotopic (exact) mass is 536 g/mol. The van der Waals surface area contributed by atoms with E-state index in [1.807, 2.05) is 0 Å². The summed E-state index contributed by atoms with van der Waals surface area (Å²) in [4.78, 5) is 9.05. The SMILES string of the molecule is Cc1ccc2c(c1)NCC21CCN(CC(O)C2CCN(c3nc(C)c(-c4cc(F)cc(F)c4)o3)CC2)CC1C. The molecule has 39 heavy (non-hydrogen) atoms. The lowest BCUT2D eigenvalue weighted by Gasteiger charge is -2.46. The first-order valence-electron chi connectivity index (χ1n) is 14.2. The zero-order valence-electron chi connectivity index (χ0n) is 23.0. The lowest BCUT2D eigenvalue weighted by molar-refractivity contribution is 0.0242. The van der Waals surface area contributed by atoms with Crippen molar-refractivity contribution in [3.8, 4) is 11.3 Å². The highest BCUT2D eigenvalue weighted by Gasteiger charge is 2.46. The van der Waals surface area contributed by atoms with Crippen molar-refractivity contribution in [2.24, 2.45) is 11.8 Å². The molecule has 3 aliphatic heterocycles. The van der Waals surface area contributed by atoms with Gasteiger partial charge in [-0.05, 0) is 80.8 Å². The van der Waals surface area contributed by atoms with E-state index in [-0.39, 0.29) is 17.4 Å². The van der Waals surface area contributed by atoms with Crippen molar-refractivity contribution in [1.82, 2.24) is 9.88 Å². The van der Waals surface area contributed by atoms with Gasteiger partial charge in [0.1, 0.15) is 11.6 Å². The molecule has 3 unspecified atom stereocenters. The number of anilines is 2. The molecule has 2 N–H and O–H groups in total. The highest BCUT2D eigenvalue weighted by Crippen LogP contribution is 2.47. The summed E-state index contributed by atoms with van der Waals surface area (Å²) < 4.78 is 33.4. The normalized spacial score (nSPS) is 24.7. The van der Waals surface area contributed by atoms with Crippen LogP contribution in [-0.2, 0) is 5.41 Å². The van der Waals surface area contributed by atoms with Crippen molar-refractivity contribution in [3.63, 3.8) is 0 Å². The number of hydrogen-bond donors (Lipinski definition) is 2. The molecule has 0 aliphatic carbocycles. The van der Waals surface area contributed by atoms with Crippen molar-refractivity contribution >= 4 is 11.7 Å². The van der Waals surface area contributed by atoms with E-state index >= 15 is 0 Å². The van der Waals surface area contributed by atoms with Crippen molar-refractivity contribution in [1.29, 1.82) is 0 Å². The molecule has 1 spiro atoms. The fourth-order valence-electron chi connectivity index (χ4n) is 7.03. The minimum atomic E-state index is -0.643. The van der Waals surface area contributed by atoms with Gasteiger partial charge in [-0.3, -0.25) is 0 Å². The summed E-state index contributed by atoms with van der Waals surface area (Å²) in [6.07, 6.45) is 2.42. The minimum absolute atomic E-state index is 0.181. The summed E-state index contributed by atoms with van der Waals surface area (Å²) in [5, 5.41) is 14.8. The highest BCUT2D eigenvalue weighted by molar-refractivity contribution is 5.63. The van der Waals surface area contributed by atoms with Crippen LogP contribution in [0.2, 0.25) is 0 Å². The average molecular weight is 537 g/mol. The van der Waals surface area contributed by atoms with Crippen LogP contribution in [0, 0.1) is 37.3 Å². The molecule has 3 atom stereocenters. The summed E-state index contributed by atoms with van der Waals surface area (Å²) in [6.45, 7) is 11.4. The van der Waals surface area contributed by atoms with E-state index < -0.39 is 11.6 Å². The summed E-state index contributed by atoms with van der Waals surface area (Å²) in [6, 6.07) is 10.6. The first kappa shape index (κ1) is 26.3. The van der Waals surface area contributed by atoms with E-state index in [1.165, 1.54) is 28.9 Å². The number of nitrogens with one attached hydrogen (secondary N) is 1. The Bertz CT molecular complexity index is 1330. The third kappa shape index (κ3) is 4.93. The summed E-state index contributed by atoms with van der Waals surface area (Å²) in [5.41, 5.74) is 5.17. The number of β-amino-alcohol motifs (C(OH)–C–C–N with tert-alkyl or cyclic N) is 1. The molecule has 4 heterocycles. The molecule has 2 aromatic carbocycles. The number of aromatic nitrogens is 1. The van der Waals surface area contributed by atoms with E-state index in [2.05, 4.69) is 52.1 Å². The van der Waals surface area contributed by atoms with Gasteiger partial charge in [0.2, 0.25) is 0 Å². The van der Waals surface area contributed by atoms with Crippen molar-refractivity contribution < 1.29 is 18.3 Å². The number of oxazole rings is 1. The molecule has 6 rings (SSSR count). The van der Waals surface area contributed by atoms with Gasteiger partial charge in [-0.15, -0.1) is 0 Å². The zero-order chi connectivity index (χ0) is 27.3. The van der Waals surface area contributed by atoms with Crippen molar-refractivity contribution in [3.05, 3.63) is 64.9 Å². The van der Waals surface area contributed by atoms with E-state index in [1.54, 1.807) is 6.92 Å². The third-order valence-corrected chi connectivity index (χ3v) is 9.36. The molecular weight excluding hydrogens is 498 g/mol. The van der Waals surface area contributed by atoms with Gasteiger partial charge >= 0.3 is 0 Å². The van der Waals surface area contributed by atoms with E-state index in [0.29, 0.717) is 35.5 Å². The van der Waals surface area contributed by atoms with E-state index in [9.17, 15) is 13.9 Å². The largest absolute Gasteiger partial charge is 0.423 e. The molecule has 1 aromatic heterocycles. The number of halogens is 2. The van der Waals surface area contributed by atoms with Gasteiger partial charge in [-0.2, -0.15) is 4.98 Å². The van der Waals surface area contributed by atoms with Gasteiger partial charge < -0.3 is 24.6 Å². The minimum Gasteiger partial charge on any atom is -0.423 e. The van der Waals surface area contributed by atoms with Gasteiger partial charge in [0.05, 0.1) is 11.8 Å². The molecular formula is C31H38F2N4O2. The summed E-state index contributed by atoms with van der Waals surface area (Å²) in [7, 11) is 0. The Hall–Kier alpha value is -2.97. The fraction of sp³-hybridized carbons (Fsp3) is 0.516. The molecule has 0 amide bonds. The number of piperidine rings is 2. The van der Waals surface area contributed by atoms with Crippen LogP contribution < -0.4 is 10.2 Å². The van der Waals surface area contributed by atoms with Crippen LogP contribution in [0.25, 0.3) is 11.3 Å². The molecule has 2 fully saturated rings.